The van der Waals surface area contributed by atoms with E-state index in [0.717, 1.165) is 23.9 Å². The zero-order chi connectivity index (χ0) is 20.1. The molecule has 0 aromatic rings. The van der Waals surface area contributed by atoms with Crippen LogP contribution in [-0.2, 0) is 9.53 Å². The van der Waals surface area contributed by atoms with Crippen LogP contribution in [0, 0.1) is 5.41 Å². The van der Waals surface area contributed by atoms with Crippen molar-refractivity contribution in [1.29, 1.82) is 0 Å². The normalized spacial score (nSPS) is 29.3. The van der Waals surface area contributed by atoms with Gasteiger partial charge in [-0.25, -0.2) is 0 Å². The second-order valence-electron chi connectivity index (χ2n) is 8.68. The van der Waals surface area contributed by atoms with Gasteiger partial charge in [-0.15, -0.1) is 0 Å². The number of hydrogen-bond donors (Lipinski definition) is 0. The highest BCUT2D eigenvalue weighted by molar-refractivity contribution is 5.72. The van der Waals surface area contributed by atoms with Crippen LogP contribution < -0.4 is 0 Å². The number of hydrogen-bond acceptors (Lipinski definition) is 2. The van der Waals surface area contributed by atoms with Gasteiger partial charge in [-0.3, -0.25) is 4.79 Å². The molecule has 2 nitrogen and oxygen atoms in total. The SMILES string of the molecule is C\C(C=O)=C/C=C/C=C(C)/C=C/C=C(\C)[C@H]1C=C2C(C)(C)CCC[C@@]2(C)O1. The van der Waals surface area contributed by atoms with E-state index in [2.05, 4.69) is 58.9 Å². The van der Waals surface area contributed by atoms with Crippen LogP contribution in [-0.4, -0.2) is 18.0 Å². The van der Waals surface area contributed by atoms with Gasteiger partial charge >= 0.3 is 0 Å². The van der Waals surface area contributed by atoms with Crippen molar-refractivity contribution >= 4 is 6.29 Å². The smallest absolute Gasteiger partial charge is 0.145 e. The molecule has 1 saturated carbocycles. The topological polar surface area (TPSA) is 26.3 Å². The van der Waals surface area contributed by atoms with E-state index < -0.39 is 0 Å². The molecule has 0 saturated heterocycles. The summed E-state index contributed by atoms with van der Waals surface area (Å²) in [6, 6.07) is 0. The van der Waals surface area contributed by atoms with E-state index >= 15 is 0 Å². The highest BCUT2D eigenvalue weighted by atomic mass is 16.5. The molecule has 1 heterocycles. The first-order valence-corrected chi connectivity index (χ1v) is 9.90. The number of rotatable bonds is 6. The molecule has 27 heavy (non-hydrogen) atoms. The van der Waals surface area contributed by atoms with Crippen molar-refractivity contribution in [1.82, 2.24) is 0 Å². The van der Waals surface area contributed by atoms with E-state index in [0.29, 0.717) is 0 Å². The lowest BCUT2D eigenvalue weighted by molar-refractivity contribution is -0.104. The van der Waals surface area contributed by atoms with Crippen LogP contribution in [0.2, 0.25) is 0 Å². The largest absolute Gasteiger partial charge is 0.359 e. The van der Waals surface area contributed by atoms with Crippen LogP contribution in [0.4, 0.5) is 0 Å². The number of ether oxygens (including phenoxy) is 1. The Morgan fingerprint density at radius 1 is 1.00 bits per heavy atom. The molecule has 0 N–H and O–H groups in total. The summed E-state index contributed by atoms with van der Waals surface area (Å²) >= 11 is 0. The van der Waals surface area contributed by atoms with Gasteiger partial charge in [-0.2, -0.15) is 0 Å². The molecule has 0 aromatic carbocycles. The molecule has 1 aliphatic carbocycles. The van der Waals surface area contributed by atoms with E-state index in [1.807, 2.05) is 18.2 Å². The minimum atomic E-state index is -0.0982. The van der Waals surface area contributed by atoms with Gasteiger partial charge in [-0.05, 0) is 75.2 Å². The Labute approximate surface area is 165 Å². The average molecular weight is 367 g/mol. The molecule has 0 aromatic heterocycles. The molecule has 0 radical (unpaired) electrons. The van der Waals surface area contributed by atoms with Crippen LogP contribution in [0.3, 0.4) is 0 Å². The Balaban J connectivity index is 2.03. The molecule has 2 aliphatic rings. The van der Waals surface area contributed by atoms with Gasteiger partial charge in [-0.1, -0.05) is 62.0 Å². The van der Waals surface area contributed by atoms with Crippen molar-refractivity contribution < 1.29 is 9.53 Å². The number of allylic oxidation sites excluding steroid dienone is 9. The lowest BCUT2D eigenvalue weighted by Crippen LogP contribution is -2.39. The third-order valence-corrected chi connectivity index (χ3v) is 5.64. The van der Waals surface area contributed by atoms with E-state index in [4.69, 9.17) is 4.74 Å². The molecule has 0 unspecified atom stereocenters. The molecule has 2 atom stereocenters. The van der Waals surface area contributed by atoms with Gasteiger partial charge in [0.2, 0.25) is 0 Å². The lowest BCUT2D eigenvalue weighted by atomic mass is 9.67. The molecule has 0 bridgehead atoms. The first kappa shape index (κ1) is 21.4. The summed E-state index contributed by atoms with van der Waals surface area (Å²) in [5.41, 5.74) is 4.72. The summed E-state index contributed by atoms with van der Waals surface area (Å²) in [5, 5.41) is 0. The van der Waals surface area contributed by atoms with Crippen molar-refractivity contribution in [3.63, 3.8) is 0 Å². The van der Waals surface area contributed by atoms with Gasteiger partial charge in [0, 0.05) is 0 Å². The van der Waals surface area contributed by atoms with Gasteiger partial charge < -0.3 is 4.74 Å². The molecule has 2 heteroatoms. The summed E-state index contributed by atoms with van der Waals surface area (Å²) in [7, 11) is 0. The zero-order valence-electron chi connectivity index (χ0n) is 17.7. The van der Waals surface area contributed by atoms with Crippen LogP contribution in [0.1, 0.15) is 60.8 Å². The van der Waals surface area contributed by atoms with Crippen LogP contribution in [0.5, 0.6) is 0 Å². The Kier molecular flexibility index (Phi) is 7.00. The quantitative estimate of drug-likeness (QED) is 0.234. The lowest BCUT2D eigenvalue weighted by Gasteiger charge is -2.42. The van der Waals surface area contributed by atoms with E-state index in [-0.39, 0.29) is 17.1 Å². The third-order valence-electron chi connectivity index (χ3n) is 5.64. The molecule has 146 valence electrons. The Bertz CT molecular complexity index is 740. The summed E-state index contributed by atoms with van der Waals surface area (Å²) < 4.78 is 6.46. The zero-order valence-corrected chi connectivity index (χ0v) is 17.7. The van der Waals surface area contributed by atoms with Gasteiger partial charge in [0.15, 0.2) is 0 Å². The number of carbonyl (C=O) groups excluding carboxylic acids is 1. The number of carbonyl (C=O) groups is 1. The molecule has 1 fully saturated rings. The first-order valence-electron chi connectivity index (χ1n) is 9.90. The summed E-state index contributed by atoms with van der Waals surface area (Å²) in [4.78, 5) is 10.5. The van der Waals surface area contributed by atoms with Crippen molar-refractivity contribution in [3.05, 3.63) is 70.9 Å². The summed E-state index contributed by atoms with van der Waals surface area (Å²) in [5.74, 6) is 0. The summed E-state index contributed by atoms with van der Waals surface area (Å²) in [6.45, 7) is 12.9. The fourth-order valence-electron chi connectivity index (χ4n) is 4.02. The van der Waals surface area contributed by atoms with Crippen LogP contribution in [0.25, 0.3) is 0 Å². The number of aldehydes is 1. The van der Waals surface area contributed by atoms with E-state index in [1.165, 1.54) is 24.0 Å². The maximum Gasteiger partial charge on any atom is 0.145 e. The Hall–Kier alpha value is -1.93. The third kappa shape index (κ3) is 5.52. The second-order valence-corrected chi connectivity index (χ2v) is 8.68. The maximum atomic E-state index is 10.5. The van der Waals surface area contributed by atoms with E-state index in [1.54, 1.807) is 13.0 Å². The predicted molar refractivity (Wildman–Crippen MR) is 115 cm³/mol. The number of fused-ring (bicyclic) bond motifs is 1. The maximum absolute atomic E-state index is 10.5. The van der Waals surface area contributed by atoms with E-state index in [9.17, 15) is 4.79 Å². The minimum absolute atomic E-state index is 0.0765. The van der Waals surface area contributed by atoms with Crippen molar-refractivity contribution in [3.8, 4) is 0 Å². The standard InChI is InChI=1S/C25H34O2/c1-19(11-7-8-12-20(2)18-26)13-9-14-21(3)22-17-23-24(4,5)15-10-16-25(23,6)27-22/h7-9,11-14,17-18,22H,10,15-16H2,1-6H3/b8-7+,13-9+,19-11+,20-12+,21-14+/t22-,25-/m1/s1. The molecule has 2 rings (SSSR count). The van der Waals surface area contributed by atoms with Crippen molar-refractivity contribution in [2.45, 2.75) is 72.5 Å². The summed E-state index contributed by atoms with van der Waals surface area (Å²) in [6.07, 6.45) is 20.8. The molecular weight excluding hydrogens is 332 g/mol. The van der Waals surface area contributed by atoms with Gasteiger partial charge in [0.05, 0.1) is 11.7 Å². The first-order chi connectivity index (χ1) is 12.7. The Morgan fingerprint density at radius 2 is 1.67 bits per heavy atom. The predicted octanol–water partition coefficient (Wildman–Crippen LogP) is 6.43. The van der Waals surface area contributed by atoms with Crippen molar-refractivity contribution in [2.75, 3.05) is 0 Å². The van der Waals surface area contributed by atoms with Gasteiger partial charge in [0.1, 0.15) is 6.29 Å². The molecule has 1 aliphatic heterocycles. The average Bonchev–Trinajstić information content (AvgIpc) is 2.97. The van der Waals surface area contributed by atoms with Crippen molar-refractivity contribution in [2.24, 2.45) is 5.41 Å². The highest BCUT2D eigenvalue weighted by Gasteiger charge is 2.47. The highest BCUT2D eigenvalue weighted by Crippen LogP contribution is 2.51. The fraction of sp³-hybridized carbons (Fsp3) is 0.480. The minimum Gasteiger partial charge on any atom is -0.359 e. The second kappa shape index (κ2) is 8.84. The van der Waals surface area contributed by atoms with Crippen LogP contribution >= 0.6 is 0 Å². The van der Waals surface area contributed by atoms with Gasteiger partial charge in [0.25, 0.3) is 0 Å². The monoisotopic (exact) mass is 366 g/mol. The molecule has 0 spiro atoms. The fourth-order valence-corrected chi connectivity index (χ4v) is 4.02. The van der Waals surface area contributed by atoms with Crippen LogP contribution in [0.15, 0.2) is 70.9 Å². The molecule has 0 amide bonds. The Morgan fingerprint density at radius 3 is 2.30 bits per heavy atom. The molecular formula is C25H34O2.